The Morgan fingerprint density at radius 1 is 0.226 bits per heavy atom. The van der Waals surface area contributed by atoms with E-state index in [1.165, 1.54) is 10.8 Å². The second kappa shape index (κ2) is 11.7. The van der Waals surface area contributed by atoms with Gasteiger partial charge in [-0.25, -0.2) is 0 Å². The van der Waals surface area contributed by atoms with E-state index in [1.807, 2.05) is 36.4 Å². The molecular weight excluding hydrogens is 761 g/mol. The maximum Gasteiger partial charge on any atom is 0.143 e. The third-order valence-electron chi connectivity index (χ3n) is 13.4. The summed E-state index contributed by atoms with van der Waals surface area (Å²) in [5.41, 5.74) is 11.5. The van der Waals surface area contributed by atoms with Gasteiger partial charge in [-0.1, -0.05) is 97.1 Å². The lowest BCUT2D eigenvalue weighted by molar-refractivity contribution is 0.668. The van der Waals surface area contributed by atoms with E-state index in [0.29, 0.717) is 0 Å². The van der Waals surface area contributed by atoms with Crippen LogP contribution in [0.3, 0.4) is 0 Å². The van der Waals surface area contributed by atoms with Crippen LogP contribution in [0.2, 0.25) is 0 Å². The number of benzene rings is 11. The molecule has 0 saturated carbocycles. The van der Waals surface area contributed by atoms with E-state index in [0.717, 1.165) is 142 Å². The summed E-state index contributed by atoms with van der Waals surface area (Å²) in [6, 6.07) is 65.0. The van der Waals surface area contributed by atoms with Crippen molar-refractivity contribution in [1.82, 2.24) is 0 Å². The Kier molecular flexibility index (Phi) is 6.13. The molecule has 4 aromatic heterocycles. The van der Waals surface area contributed by atoms with Gasteiger partial charge in [0, 0.05) is 53.9 Å². The van der Waals surface area contributed by atoms with Crippen LogP contribution in [0.25, 0.3) is 153 Å². The van der Waals surface area contributed by atoms with E-state index in [1.54, 1.807) is 0 Å². The third-order valence-corrected chi connectivity index (χ3v) is 13.4. The molecule has 0 aliphatic heterocycles. The first kappa shape index (κ1) is 32.5. The molecule has 286 valence electrons. The maximum atomic E-state index is 6.83. The minimum Gasteiger partial charge on any atom is -0.456 e. The zero-order valence-corrected chi connectivity index (χ0v) is 33.0. The van der Waals surface area contributed by atoms with Crippen molar-refractivity contribution in [1.29, 1.82) is 0 Å². The Hall–Kier alpha value is -8.34. The van der Waals surface area contributed by atoms with Gasteiger partial charge in [0.15, 0.2) is 0 Å². The van der Waals surface area contributed by atoms with Crippen LogP contribution in [0, 0.1) is 0 Å². The van der Waals surface area contributed by atoms with Crippen molar-refractivity contribution in [2.24, 2.45) is 0 Å². The van der Waals surface area contributed by atoms with Gasteiger partial charge in [0.2, 0.25) is 0 Å². The molecule has 0 fully saturated rings. The highest BCUT2D eigenvalue weighted by molar-refractivity contribution is 6.30. The van der Waals surface area contributed by atoms with Gasteiger partial charge in [-0.05, 0) is 140 Å². The van der Waals surface area contributed by atoms with Crippen LogP contribution in [0.15, 0.2) is 200 Å². The van der Waals surface area contributed by atoms with Crippen molar-refractivity contribution in [3.8, 4) is 22.3 Å². The van der Waals surface area contributed by atoms with E-state index in [2.05, 4.69) is 146 Å². The first-order valence-electron chi connectivity index (χ1n) is 21.0. The summed E-state index contributed by atoms with van der Waals surface area (Å²) in [4.78, 5) is 0. The molecule has 0 bridgehead atoms. The molecule has 0 unspecified atom stereocenters. The summed E-state index contributed by atoms with van der Waals surface area (Å²) in [7, 11) is 0. The van der Waals surface area contributed by atoms with Gasteiger partial charge < -0.3 is 17.7 Å². The average Bonchev–Trinajstić information content (AvgIpc) is 4.10. The average molecular weight is 791 g/mol. The molecule has 0 spiro atoms. The molecule has 0 aliphatic rings. The molecule has 15 aromatic rings. The molecule has 4 heteroatoms. The van der Waals surface area contributed by atoms with Crippen LogP contribution < -0.4 is 0 Å². The predicted molar refractivity (Wildman–Crippen MR) is 256 cm³/mol. The van der Waals surface area contributed by atoms with Gasteiger partial charge >= 0.3 is 0 Å². The lowest BCUT2D eigenvalue weighted by Crippen LogP contribution is -1.89. The smallest absolute Gasteiger partial charge is 0.143 e. The van der Waals surface area contributed by atoms with Crippen LogP contribution in [0.5, 0.6) is 0 Å². The Bertz CT molecular complexity index is 4170. The molecule has 62 heavy (non-hydrogen) atoms. The monoisotopic (exact) mass is 790 g/mol. The fraction of sp³-hybridized carbons (Fsp3) is 0. The van der Waals surface area contributed by atoms with Crippen LogP contribution in [-0.2, 0) is 0 Å². The van der Waals surface area contributed by atoms with Crippen LogP contribution in [-0.4, -0.2) is 0 Å². The van der Waals surface area contributed by atoms with Gasteiger partial charge in [-0.3, -0.25) is 0 Å². The lowest BCUT2D eigenvalue weighted by Gasteiger charge is -2.16. The molecule has 0 atom stereocenters. The van der Waals surface area contributed by atoms with E-state index >= 15 is 0 Å². The van der Waals surface area contributed by atoms with Gasteiger partial charge in [0.1, 0.15) is 44.7 Å². The Balaban J connectivity index is 1.08. The van der Waals surface area contributed by atoms with Crippen molar-refractivity contribution >= 4 is 131 Å². The summed E-state index contributed by atoms with van der Waals surface area (Å²) < 4.78 is 26.3. The summed E-state index contributed by atoms with van der Waals surface area (Å²) in [6.07, 6.45) is 0. The minimum atomic E-state index is 0.874. The normalized spacial score (nSPS) is 12.5. The highest BCUT2D eigenvalue weighted by atomic mass is 16.3. The highest BCUT2D eigenvalue weighted by Crippen LogP contribution is 2.48. The Morgan fingerprint density at radius 2 is 0.581 bits per heavy atom. The number of fused-ring (bicyclic) bond motifs is 20. The molecule has 0 aliphatic carbocycles. The third kappa shape index (κ3) is 4.30. The fourth-order valence-electron chi connectivity index (χ4n) is 10.6. The second-order valence-corrected chi connectivity index (χ2v) is 16.7. The predicted octanol–water partition coefficient (Wildman–Crippen LogP) is 17.2. The van der Waals surface area contributed by atoms with Crippen LogP contribution in [0.1, 0.15) is 0 Å². The summed E-state index contributed by atoms with van der Waals surface area (Å²) in [5, 5.41) is 17.9. The molecule has 15 rings (SSSR count). The fourth-order valence-corrected chi connectivity index (χ4v) is 10.6. The van der Waals surface area contributed by atoms with Crippen molar-refractivity contribution in [3.63, 3.8) is 0 Å². The topological polar surface area (TPSA) is 52.6 Å². The summed E-state index contributed by atoms with van der Waals surface area (Å²) >= 11 is 0. The highest BCUT2D eigenvalue weighted by Gasteiger charge is 2.22. The number of rotatable bonds is 2. The van der Waals surface area contributed by atoms with Gasteiger partial charge in [-0.2, -0.15) is 0 Å². The van der Waals surface area contributed by atoms with Crippen LogP contribution in [0.4, 0.5) is 0 Å². The molecule has 0 N–H and O–H groups in total. The largest absolute Gasteiger partial charge is 0.456 e. The van der Waals surface area contributed by atoms with E-state index < -0.39 is 0 Å². The van der Waals surface area contributed by atoms with E-state index in [-0.39, 0.29) is 0 Å². The first-order chi connectivity index (χ1) is 30.7. The Labute approximate surface area is 351 Å². The van der Waals surface area contributed by atoms with Gasteiger partial charge in [0.25, 0.3) is 0 Å². The standard InChI is InChI=1S/C58H30O4/c1-7-15-51-35(9-1)41-21-19-39-43-27-34-30-46(32-18-24-54-48(26-32)38-12-4-6-14-50(38)60-54)56-40(20-22-42-36-10-2-8-16-52(36)62-58(42)56)44(34)28-33(43)29-45(55(39)57(41)61-51)31-17-23-53-47(25-31)37-11-3-5-13-49(37)59-53/h1-30H. The van der Waals surface area contributed by atoms with Gasteiger partial charge in [-0.15, -0.1) is 0 Å². The Morgan fingerprint density at radius 3 is 1.02 bits per heavy atom. The van der Waals surface area contributed by atoms with Crippen molar-refractivity contribution in [3.05, 3.63) is 182 Å². The zero-order chi connectivity index (χ0) is 40.2. The molecule has 0 saturated heterocycles. The number of hydrogen-bond donors (Lipinski definition) is 0. The van der Waals surface area contributed by atoms with E-state index in [9.17, 15) is 0 Å². The number of furan rings is 4. The SMILES string of the molecule is c1ccc2c(c1)oc1ccc(-c3cc4cc5c(cc(-c6ccc7oc8ccccc8c7c6)c6c5ccc5c7ccccc7oc56)cc4c4ccc5c6ccccc6oc5c34)cc12. The molecule has 4 nitrogen and oxygen atoms in total. The molecule has 0 radical (unpaired) electrons. The lowest BCUT2D eigenvalue weighted by atomic mass is 9.87. The number of para-hydroxylation sites is 4. The molecular formula is C58H30O4. The minimum absolute atomic E-state index is 0.874. The molecule has 11 aromatic carbocycles. The molecule has 4 heterocycles. The van der Waals surface area contributed by atoms with E-state index in [4.69, 9.17) is 17.7 Å². The quantitative estimate of drug-likeness (QED) is 0.129. The molecule has 0 amide bonds. The second-order valence-electron chi connectivity index (χ2n) is 16.7. The van der Waals surface area contributed by atoms with Crippen molar-refractivity contribution in [2.75, 3.05) is 0 Å². The van der Waals surface area contributed by atoms with Crippen LogP contribution >= 0.6 is 0 Å². The summed E-state index contributed by atoms with van der Waals surface area (Å²) in [5.74, 6) is 0. The first-order valence-corrected chi connectivity index (χ1v) is 21.0. The number of hydrogen-bond acceptors (Lipinski definition) is 4. The summed E-state index contributed by atoms with van der Waals surface area (Å²) in [6.45, 7) is 0. The van der Waals surface area contributed by atoms with Crippen molar-refractivity contribution in [2.45, 2.75) is 0 Å². The van der Waals surface area contributed by atoms with Crippen molar-refractivity contribution < 1.29 is 17.7 Å². The zero-order valence-electron chi connectivity index (χ0n) is 33.0. The van der Waals surface area contributed by atoms with Gasteiger partial charge in [0.05, 0.1) is 0 Å². The maximum absolute atomic E-state index is 6.83.